The lowest BCUT2D eigenvalue weighted by atomic mass is 10.1. The molecular formula is C17H19Cl4NO3. The van der Waals surface area contributed by atoms with Crippen molar-refractivity contribution in [3.8, 4) is 11.5 Å². The Balaban J connectivity index is 1.86. The second-order valence-electron chi connectivity index (χ2n) is 5.56. The van der Waals surface area contributed by atoms with E-state index in [4.69, 9.17) is 55.9 Å². The Hall–Kier alpha value is -0.810. The van der Waals surface area contributed by atoms with Crippen molar-refractivity contribution < 1.29 is 14.3 Å². The largest absolute Gasteiger partial charge is 0.490 e. The molecule has 8 heteroatoms. The molecule has 138 valence electrons. The van der Waals surface area contributed by atoms with Crippen LogP contribution in [0, 0.1) is 0 Å². The lowest BCUT2D eigenvalue weighted by Gasteiger charge is -2.26. The van der Waals surface area contributed by atoms with Gasteiger partial charge < -0.3 is 14.4 Å². The van der Waals surface area contributed by atoms with Crippen molar-refractivity contribution in [1.82, 2.24) is 4.90 Å². The number of hydrogen-bond acceptors (Lipinski definition) is 3. The maximum atomic E-state index is 12.1. The normalized spacial score (nSPS) is 14.2. The predicted octanol–water partition coefficient (Wildman–Crippen LogP) is 5.47. The van der Waals surface area contributed by atoms with Crippen LogP contribution in [0.3, 0.4) is 0 Å². The molecule has 0 saturated carbocycles. The van der Waals surface area contributed by atoms with E-state index in [0.29, 0.717) is 28.0 Å². The van der Waals surface area contributed by atoms with E-state index in [1.807, 2.05) is 4.90 Å². The molecule has 0 N–H and O–H groups in total. The number of halogens is 4. The van der Waals surface area contributed by atoms with E-state index in [9.17, 15) is 4.79 Å². The van der Waals surface area contributed by atoms with Crippen LogP contribution in [0.1, 0.15) is 25.7 Å². The summed E-state index contributed by atoms with van der Waals surface area (Å²) in [5.74, 6) is 0.905. The van der Waals surface area contributed by atoms with Crippen LogP contribution in [0.15, 0.2) is 22.7 Å². The molecule has 0 radical (unpaired) electrons. The van der Waals surface area contributed by atoms with Gasteiger partial charge in [0.1, 0.15) is 16.8 Å². The van der Waals surface area contributed by atoms with Gasteiger partial charge in [0, 0.05) is 25.2 Å². The average molecular weight is 427 g/mol. The fourth-order valence-electron chi connectivity index (χ4n) is 2.50. The molecule has 1 aromatic carbocycles. The molecule has 0 atom stereocenters. The Morgan fingerprint density at radius 3 is 2.32 bits per heavy atom. The summed E-state index contributed by atoms with van der Waals surface area (Å²) in [4.78, 5) is 14.0. The first-order valence-electron chi connectivity index (χ1n) is 8.01. The zero-order chi connectivity index (χ0) is 18.2. The number of piperidine rings is 1. The molecule has 1 aliphatic heterocycles. The van der Waals surface area contributed by atoms with Gasteiger partial charge in [-0.3, -0.25) is 4.79 Å². The minimum atomic E-state index is 0.0941. The molecule has 1 saturated heterocycles. The number of carbonyl (C=O) groups excluding carboxylic acids is 1. The Morgan fingerprint density at radius 1 is 1.08 bits per heavy atom. The first-order chi connectivity index (χ1) is 12.0. The zero-order valence-electron chi connectivity index (χ0n) is 13.6. The van der Waals surface area contributed by atoms with Crippen LogP contribution in [-0.2, 0) is 4.79 Å². The lowest BCUT2D eigenvalue weighted by Crippen LogP contribution is -2.36. The number of likely N-dealkylation sites (tertiary alicyclic amines) is 1. The van der Waals surface area contributed by atoms with Gasteiger partial charge in [0.25, 0.3) is 0 Å². The summed E-state index contributed by atoms with van der Waals surface area (Å²) >= 11 is 23.4. The van der Waals surface area contributed by atoms with Gasteiger partial charge in [-0.25, -0.2) is 0 Å². The summed E-state index contributed by atoms with van der Waals surface area (Å²) in [6.07, 6.45) is 5.12. The van der Waals surface area contributed by atoms with Gasteiger partial charge >= 0.3 is 0 Å². The smallest absolute Gasteiger partial charge is 0.225 e. The second-order valence-corrected chi connectivity index (χ2v) is 7.38. The predicted molar refractivity (Wildman–Crippen MR) is 102 cm³/mol. The van der Waals surface area contributed by atoms with Gasteiger partial charge in [0.05, 0.1) is 23.1 Å². The van der Waals surface area contributed by atoms with Crippen LogP contribution >= 0.6 is 46.4 Å². The first kappa shape index (κ1) is 20.5. The minimum absolute atomic E-state index is 0.0941. The maximum Gasteiger partial charge on any atom is 0.225 e. The molecule has 0 aromatic heterocycles. The van der Waals surface area contributed by atoms with Gasteiger partial charge in [-0.05, 0) is 25.3 Å². The topological polar surface area (TPSA) is 38.8 Å². The molecule has 4 nitrogen and oxygen atoms in total. The van der Waals surface area contributed by atoms with E-state index < -0.39 is 0 Å². The van der Waals surface area contributed by atoms with Gasteiger partial charge in [-0.1, -0.05) is 46.4 Å². The number of nitrogens with zero attached hydrogens (tertiary/aromatic N) is 1. The van der Waals surface area contributed by atoms with Crippen LogP contribution in [0.4, 0.5) is 0 Å². The molecular weight excluding hydrogens is 408 g/mol. The molecule has 0 aliphatic carbocycles. The van der Waals surface area contributed by atoms with Crippen molar-refractivity contribution in [3.05, 3.63) is 32.7 Å². The summed E-state index contributed by atoms with van der Waals surface area (Å²) in [7, 11) is 0. The van der Waals surface area contributed by atoms with E-state index in [1.54, 1.807) is 12.1 Å². The molecule has 1 aliphatic rings. The molecule has 0 bridgehead atoms. The highest BCUT2D eigenvalue weighted by atomic mass is 35.5. The van der Waals surface area contributed by atoms with Crippen molar-refractivity contribution in [2.75, 3.05) is 26.3 Å². The fourth-order valence-corrected chi connectivity index (χ4v) is 3.20. The van der Waals surface area contributed by atoms with Gasteiger partial charge in [0.2, 0.25) is 5.91 Å². The van der Waals surface area contributed by atoms with Crippen LogP contribution < -0.4 is 9.47 Å². The van der Waals surface area contributed by atoms with E-state index in [-0.39, 0.29) is 23.6 Å². The van der Waals surface area contributed by atoms with Gasteiger partial charge in [-0.2, -0.15) is 0 Å². The minimum Gasteiger partial charge on any atom is -0.490 e. The summed E-state index contributed by atoms with van der Waals surface area (Å²) in [5.41, 5.74) is 0. The molecule has 1 fully saturated rings. The van der Waals surface area contributed by atoms with Crippen molar-refractivity contribution >= 4 is 52.3 Å². The molecule has 25 heavy (non-hydrogen) atoms. The van der Waals surface area contributed by atoms with Crippen LogP contribution in [-0.4, -0.2) is 37.1 Å². The number of amides is 1. The first-order valence-corrected chi connectivity index (χ1v) is 9.52. The number of rotatable bonds is 7. The van der Waals surface area contributed by atoms with Crippen LogP contribution in [0.25, 0.3) is 0 Å². The summed E-state index contributed by atoms with van der Waals surface area (Å²) in [6.45, 7) is 2.07. The van der Waals surface area contributed by atoms with E-state index in [1.165, 1.54) is 12.5 Å². The highest BCUT2D eigenvalue weighted by Gasteiger charge is 2.17. The van der Waals surface area contributed by atoms with Crippen molar-refractivity contribution in [2.24, 2.45) is 0 Å². The van der Waals surface area contributed by atoms with E-state index in [0.717, 1.165) is 25.9 Å². The molecule has 1 heterocycles. The SMILES string of the molecule is O=C(CCOc1c(Cl)cc(OCC=C(Cl)Cl)cc1Cl)N1CCCCC1. The van der Waals surface area contributed by atoms with Crippen LogP contribution in [0.5, 0.6) is 11.5 Å². The zero-order valence-corrected chi connectivity index (χ0v) is 16.6. The number of hydrogen-bond donors (Lipinski definition) is 0. The Kier molecular flexibility index (Phi) is 8.50. The number of ether oxygens (including phenoxy) is 2. The Bertz CT molecular complexity index is 603. The summed E-state index contributed by atoms with van der Waals surface area (Å²) in [5, 5.41) is 0.628. The fraction of sp³-hybridized carbons (Fsp3) is 0.471. The van der Waals surface area contributed by atoms with Crippen molar-refractivity contribution in [2.45, 2.75) is 25.7 Å². The molecule has 1 aromatic rings. The molecule has 2 rings (SSSR count). The summed E-state index contributed by atoms with van der Waals surface area (Å²) in [6, 6.07) is 3.18. The van der Waals surface area contributed by atoms with E-state index in [2.05, 4.69) is 0 Å². The maximum absolute atomic E-state index is 12.1. The molecule has 0 unspecified atom stereocenters. The summed E-state index contributed by atoms with van der Waals surface area (Å²) < 4.78 is 11.2. The average Bonchev–Trinajstić information content (AvgIpc) is 2.57. The lowest BCUT2D eigenvalue weighted by molar-refractivity contribution is -0.132. The third-order valence-corrected chi connectivity index (χ3v) is 4.60. The monoisotopic (exact) mass is 425 g/mol. The van der Waals surface area contributed by atoms with E-state index >= 15 is 0 Å². The highest BCUT2D eigenvalue weighted by Crippen LogP contribution is 2.37. The molecule has 0 spiro atoms. The van der Waals surface area contributed by atoms with Crippen molar-refractivity contribution in [1.29, 1.82) is 0 Å². The third-order valence-electron chi connectivity index (χ3n) is 3.73. The Labute approximate surface area is 167 Å². The van der Waals surface area contributed by atoms with Crippen LogP contribution in [0.2, 0.25) is 10.0 Å². The number of carbonyl (C=O) groups is 1. The second kappa shape index (κ2) is 10.4. The Morgan fingerprint density at radius 2 is 1.72 bits per heavy atom. The highest BCUT2D eigenvalue weighted by molar-refractivity contribution is 6.55. The standard InChI is InChI=1S/C17H19Cl4NO3/c18-13-10-12(24-8-4-15(20)21)11-14(19)17(13)25-9-5-16(23)22-6-2-1-3-7-22/h4,10-11H,1-3,5-9H2. The number of benzene rings is 1. The third kappa shape index (κ3) is 6.78. The van der Waals surface area contributed by atoms with Crippen molar-refractivity contribution in [3.63, 3.8) is 0 Å². The van der Waals surface area contributed by atoms with Gasteiger partial charge in [-0.15, -0.1) is 0 Å². The molecule has 1 amide bonds. The quantitative estimate of drug-likeness (QED) is 0.579. The van der Waals surface area contributed by atoms with Gasteiger partial charge in [0.15, 0.2) is 5.75 Å².